The number of likely N-dealkylation sites (tertiary alicyclic amines) is 1. The third-order valence-electron chi connectivity index (χ3n) is 3.74. The number of primary amides is 1. The van der Waals surface area contributed by atoms with E-state index in [1.54, 1.807) is 18.2 Å². The third-order valence-corrected chi connectivity index (χ3v) is 4.18. The van der Waals surface area contributed by atoms with Gasteiger partial charge in [-0.3, -0.25) is 15.0 Å². The Hall–Kier alpha value is -1.50. The number of piperidine rings is 1. The molecule has 0 atom stereocenters. The Balaban J connectivity index is 1.68. The van der Waals surface area contributed by atoms with Gasteiger partial charge in [-0.25, -0.2) is 4.79 Å². The fourth-order valence-corrected chi connectivity index (χ4v) is 3.01. The van der Waals surface area contributed by atoms with E-state index in [1.807, 2.05) is 0 Å². The molecule has 0 unspecified atom stereocenters. The highest BCUT2D eigenvalue weighted by Gasteiger charge is 2.22. The summed E-state index contributed by atoms with van der Waals surface area (Å²) in [7, 11) is 0. The second-order valence-corrected chi connectivity index (χ2v) is 6.31. The number of anilines is 1. The topological polar surface area (TPSA) is 84.7 Å². The predicted octanol–water partition coefficient (Wildman–Crippen LogP) is 2.74. The molecule has 0 aromatic heterocycles. The highest BCUT2D eigenvalue weighted by atomic mass is 35.5. The van der Waals surface area contributed by atoms with E-state index in [0.29, 0.717) is 22.3 Å². The Kier molecular flexibility index (Phi) is 6.50. The largest absolute Gasteiger partial charge is 0.448 e. The summed E-state index contributed by atoms with van der Waals surface area (Å²) in [5.41, 5.74) is 5.77. The molecule has 1 fully saturated rings. The van der Waals surface area contributed by atoms with Crippen molar-refractivity contribution in [3.8, 4) is 0 Å². The van der Waals surface area contributed by atoms with Gasteiger partial charge in [0.25, 0.3) is 0 Å². The average molecular weight is 360 g/mol. The van der Waals surface area contributed by atoms with Gasteiger partial charge in [-0.2, -0.15) is 0 Å². The maximum absolute atomic E-state index is 11.7. The predicted molar refractivity (Wildman–Crippen MR) is 89.8 cm³/mol. The number of carbonyl (C=O) groups is 2. The molecule has 0 aliphatic carbocycles. The highest BCUT2D eigenvalue weighted by Crippen LogP contribution is 2.22. The minimum atomic E-state index is -0.560. The van der Waals surface area contributed by atoms with Gasteiger partial charge < -0.3 is 10.5 Å². The SMILES string of the molecule is NC(=O)C1CCN(CCOC(=O)Nc2cc(Cl)cc(Cl)c2)CC1. The minimum absolute atomic E-state index is 0.0388. The van der Waals surface area contributed by atoms with Crippen LogP contribution < -0.4 is 11.1 Å². The van der Waals surface area contributed by atoms with Crippen molar-refractivity contribution in [2.75, 3.05) is 31.6 Å². The van der Waals surface area contributed by atoms with Crippen LogP contribution in [0.4, 0.5) is 10.5 Å². The van der Waals surface area contributed by atoms with Crippen LogP contribution in [-0.4, -0.2) is 43.1 Å². The van der Waals surface area contributed by atoms with Crippen molar-refractivity contribution in [2.24, 2.45) is 11.7 Å². The zero-order valence-electron chi connectivity index (χ0n) is 12.6. The molecule has 0 radical (unpaired) electrons. The highest BCUT2D eigenvalue weighted by molar-refractivity contribution is 6.35. The van der Waals surface area contributed by atoms with E-state index in [0.717, 1.165) is 25.9 Å². The normalized spacial score (nSPS) is 16.1. The lowest BCUT2D eigenvalue weighted by Crippen LogP contribution is -2.40. The molecule has 2 rings (SSSR count). The second kappa shape index (κ2) is 8.38. The molecular weight excluding hydrogens is 341 g/mol. The van der Waals surface area contributed by atoms with Crippen molar-refractivity contribution in [2.45, 2.75) is 12.8 Å². The Labute approximate surface area is 144 Å². The zero-order valence-corrected chi connectivity index (χ0v) is 14.1. The van der Waals surface area contributed by atoms with E-state index in [2.05, 4.69) is 10.2 Å². The Morgan fingerprint density at radius 1 is 1.22 bits per heavy atom. The molecule has 126 valence electrons. The van der Waals surface area contributed by atoms with Crippen LogP contribution in [-0.2, 0) is 9.53 Å². The quantitative estimate of drug-likeness (QED) is 0.846. The molecule has 8 heteroatoms. The number of benzene rings is 1. The molecule has 1 aromatic rings. The van der Waals surface area contributed by atoms with Crippen LogP contribution in [0.5, 0.6) is 0 Å². The van der Waals surface area contributed by atoms with Gasteiger partial charge in [-0.1, -0.05) is 23.2 Å². The summed E-state index contributed by atoms with van der Waals surface area (Å²) in [5, 5.41) is 3.44. The first kappa shape index (κ1) is 17.8. The van der Waals surface area contributed by atoms with E-state index in [9.17, 15) is 9.59 Å². The van der Waals surface area contributed by atoms with Crippen molar-refractivity contribution in [3.63, 3.8) is 0 Å². The molecule has 1 heterocycles. The second-order valence-electron chi connectivity index (χ2n) is 5.44. The molecule has 1 aliphatic heterocycles. The first-order chi connectivity index (χ1) is 10.9. The zero-order chi connectivity index (χ0) is 16.8. The van der Waals surface area contributed by atoms with Crippen molar-refractivity contribution < 1.29 is 14.3 Å². The molecule has 6 nitrogen and oxygen atoms in total. The van der Waals surface area contributed by atoms with Gasteiger partial charge in [0.2, 0.25) is 5.91 Å². The van der Waals surface area contributed by atoms with Crippen LogP contribution in [0.25, 0.3) is 0 Å². The molecule has 3 N–H and O–H groups in total. The van der Waals surface area contributed by atoms with Gasteiger partial charge in [0.05, 0.1) is 0 Å². The maximum Gasteiger partial charge on any atom is 0.411 e. The average Bonchev–Trinajstić information content (AvgIpc) is 2.46. The van der Waals surface area contributed by atoms with Crippen LogP contribution in [0.15, 0.2) is 18.2 Å². The number of ether oxygens (including phenoxy) is 1. The standard InChI is InChI=1S/C15H19Cl2N3O3/c16-11-7-12(17)9-13(8-11)19-15(22)23-6-5-20-3-1-10(2-4-20)14(18)21/h7-10H,1-6H2,(H2,18,21)(H,19,22). The smallest absolute Gasteiger partial charge is 0.411 e. The Morgan fingerprint density at radius 2 is 1.83 bits per heavy atom. The Bertz CT molecular complexity index is 555. The van der Waals surface area contributed by atoms with Gasteiger partial charge in [-0.05, 0) is 44.1 Å². The van der Waals surface area contributed by atoms with Crippen molar-refractivity contribution >= 4 is 40.9 Å². The Morgan fingerprint density at radius 3 is 2.39 bits per heavy atom. The number of nitrogens with two attached hydrogens (primary N) is 1. The summed E-state index contributed by atoms with van der Waals surface area (Å²) >= 11 is 11.7. The fraction of sp³-hybridized carbons (Fsp3) is 0.467. The number of nitrogens with one attached hydrogen (secondary N) is 1. The van der Waals surface area contributed by atoms with Crippen molar-refractivity contribution in [1.82, 2.24) is 4.90 Å². The summed E-state index contributed by atoms with van der Waals surface area (Å²) < 4.78 is 5.13. The lowest BCUT2D eigenvalue weighted by atomic mass is 9.96. The lowest BCUT2D eigenvalue weighted by molar-refractivity contribution is -0.123. The number of nitrogens with zero attached hydrogens (tertiary/aromatic N) is 1. The molecule has 1 aliphatic rings. The maximum atomic E-state index is 11.7. The van der Waals surface area contributed by atoms with Gasteiger partial charge in [0.15, 0.2) is 0 Å². The molecule has 0 saturated carbocycles. The molecule has 2 amide bonds. The number of halogens is 2. The number of hydrogen-bond donors (Lipinski definition) is 2. The summed E-state index contributed by atoms with van der Waals surface area (Å²) in [5.74, 6) is -0.275. The molecule has 0 bridgehead atoms. The summed E-state index contributed by atoms with van der Waals surface area (Å²) in [6.07, 6.45) is 0.945. The lowest BCUT2D eigenvalue weighted by Gasteiger charge is -2.30. The number of carbonyl (C=O) groups excluding carboxylic acids is 2. The van der Waals surface area contributed by atoms with E-state index < -0.39 is 6.09 Å². The molecule has 1 saturated heterocycles. The van der Waals surface area contributed by atoms with Gasteiger partial charge in [-0.15, -0.1) is 0 Å². The van der Waals surface area contributed by atoms with E-state index in [-0.39, 0.29) is 18.4 Å². The third kappa shape index (κ3) is 5.89. The first-order valence-corrected chi connectivity index (χ1v) is 8.11. The first-order valence-electron chi connectivity index (χ1n) is 7.35. The summed E-state index contributed by atoms with van der Waals surface area (Å²) in [6, 6.07) is 4.75. The van der Waals surface area contributed by atoms with Crippen molar-refractivity contribution in [3.05, 3.63) is 28.2 Å². The van der Waals surface area contributed by atoms with Crippen LogP contribution in [0.3, 0.4) is 0 Å². The number of amides is 2. The van der Waals surface area contributed by atoms with Crippen molar-refractivity contribution in [1.29, 1.82) is 0 Å². The number of hydrogen-bond acceptors (Lipinski definition) is 4. The molecule has 1 aromatic carbocycles. The van der Waals surface area contributed by atoms with Gasteiger partial charge in [0, 0.05) is 28.2 Å². The minimum Gasteiger partial charge on any atom is -0.448 e. The summed E-state index contributed by atoms with van der Waals surface area (Å²) in [4.78, 5) is 25.0. The fourth-order valence-electron chi connectivity index (χ4n) is 2.49. The monoisotopic (exact) mass is 359 g/mol. The molecule has 23 heavy (non-hydrogen) atoms. The van der Waals surface area contributed by atoms with Crippen LogP contribution in [0.1, 0.15) is 12.8 Å². The van der Waals surface area contributed by atoms with Crippen LogP contribution in [0, 0.1) is 5.92 Å². The van der Waals surface area contributed by atoms with E-state index in [4.69, 9.17) is 33.7 Å². The van der Waals surface area contributed by atoms with Crippen LogP contribution >= 0.6 is 23.2 Å². The van der Waals surface area contributed by atoms with E-state index >= 15 is 0 Å². The van der Waals surface area contributed by atoms with Gasteiger partial charge in [0.1, 0.15) is 6.61 Å². The molecule has 0 spiro atoms. The van der Waals surface area contributed by atoms with E-state index in [1.165, 1.54) is 0 Å². The molecular formula is C15H19Cl2N3O3. The van der Waals surface area contributed by atoms with Crippen LogP contribution in [0.2, 0.25) is 10.0 Å². The van der Waals surface area contributed by atoms with Gasteiger partial charge >= 0.3 is 6.09 Å². The summed E-state index contributed by atoms with van der Waals surface area (Å²) in [6.45, 7) is 2.45. The number of rotatable bonds is 5.